The van der Waals surface area contributed by atoms with Gasteiger partial charge < -0.3 is 10.1 Å². The summed E-state index contributed by atoms with van der Waals surface area (Å²) in [5.41, 5.74) is 3.05. The molecule has 4 heteroatoms. The first-order valence-electron chi connectivity index (χ1n) is 8.04. The predicted molar refractivity (Wildman–Crippen MR) is 91.9 cm³/mol. The van der Waals surface area contributed by atoms with Gasteiger partial charge in [-0.1, -0.05) is 43.3 Å². The summed E-state index contributed by atoms with van der Waals surface area (Å²) >= 11 is 0. The molecular weight excluding hydrogens is 288 g/mol. The summed E-state index contributed by atoms with van der Waals surface area (Å²) < 4.78 is 5.96. The number of nitrogens with zero attached hydrogens (tertiary/aromatic N) is 1. The molecule has 1 aliphatic rings. The van der Waals surface area contributed by atoms with Crippen molar-refractivity contribution in [2.75, 3.05) is 11.4 Å². The summed E-state index contributed by atoms with van der Waals surface area (Å²) in [4.78, 5) is 14.5. The van der Waals surface area contributed by atoms with Crippen LogP contribution < -0.4 is 15.0 Å². The van der Waals surface area contributed by atoms with Crippen molar-refractivity contribution < 1.29 is 9.53 Å². The molecule has 3 rings (SSSR count). The van der Waals surface area contributed by atoms with Gasteiger partial charge in [0.15, 0.2) is 0 Å². The molecule has 0 spiro atoms. The number of carbonyl (C=O) groups excluding carboxylic acids is 1. The van der Waals surface area contributed by atoms with Crippen LogP contribution in [0.4, 0.5) is 10.5 Å². The molecule has 23 heavy (non-hydrogen) atoms. The molecule has 0 aromatic heterocycles. The van der Waals surface area contributed by atoms with Gasteiger partial charge in [0.2, 0.25) is 0 Å². The number of hydrogen-bond donors (Lipinski definition) is 1. The average Bonchev–Trinajstić information content (AvgIpc) is 2.59. The molecule has 0 saturated heterocycles. The number of aryl methyl sites for hydroxylation is 1. The molecule has 0 bridgehead atoms. The second-order valence-corrected chi connectivity index (χ2v) is 5.87. The van der Waals surface area contributed by atoms with E-state index in [2.05, 4.69) is 12.2 Å². The zero-order chi connectivity index (χ0) is 16.2. The molecule has 0 aliphatic carbocycles. The van der Waals surface area contributed by atoms with Gasteiger partial charge in [-0.15, -0.1) is 0 Å². The minimum Gasteiger partial charge on any atom is -0.486 e. The Kier molecular flexibility index (Phi) is 4.51. The molecule has 0 radical (unpaired) electrons. The van der Waals surface area contributed by atoms with Crippen molar-refractivity contribution in [3.05, 3.63) is 59.7 Å². The Hall–Kier alpha value is -2.49. The normalized spacial score (nSPS) is 16.4. The van der Waals surface area contributed by atoms with Gasteiger partial charge >= 0.3 is 6.03 Å². The maximum Gasteiger partial charge on any atom is 0.322 e. The van der Waals surface area contributed by atoms with E-state index in [1.165, 1.54) is 0 Å². The van der Waals surface area contributed by atoms with Gasteiger partial charge in [0.25, 0.3) is 0 Å². The molecule has 0 unspecified atom stereocenters. The molecule has 2 aromatic carbocycles. The van der Waals surface area contributed by atoms with E-state index in [1.807, 2.05) is 55.5 Å². The van der Waals surface area contributed by atoms with Gasteiger partial charge in [-0.25, -0.2) is 4.79 Å². The molecule has 1 aliphatic heterocycles. The number of anilines is 1. The van der Waals surface area contributed by atoms with Crippen LogP contribution in [0.25, 0.3) is 0 Å². The zero-order valence-corrected chi connectivity index (χ0v) is 13.6. The van der Waals surface area contributed by atoms with Crippen LogP contribution >= 0.6 is 0 Å². The van der Waals surface area contributed by atoms with Gasteiger partial charge in [-0.05, 0) is 36.6 Å². The SMILES string of the molecule is CC[C@H]1CN(C(=O)NCc2ccccc2)c2cc(C)ccc2O1. The first-order valence-corrected chi connectivity index (χ1v) is 8.04. The lowest BCUT2D eigenvalue weighted by molar-refractivity contribution is 0.186. The molecule has 1 heterocycles. The number of carbonyl (C=O) groups is 1. The summed E-state index contributed by atoms with van der Waals surface area (Å²) in [7, 11) is 0. The topological polar surface area (TPSA) is 41.6 Å². The monoisotopic (exact) mass is 310 g/mol. The highest BCUT2D eigenvalue weighted by molar-refractivity contribution is 5.94. The van der Waals surface area contributed by atoms with Crippen molar-refractivity contribution in [2.45, 2.75) is 32.9 Å². The lowest BCUT2D eigenvalue weighted by Crippen LogP contribution is -2.47. The molecule has 0 fully saturated rings. The molecule has 1 N–H and O–H groups in total. The van der Waals surface area contributed by atoms with Crippen LogP contribution in [0.1, 0.15) is 24.5 Å². The Morgan fingerprint density at radius 3 is 2.78 bits per heavy atom. The van der Waals surface area contributed by atoms with Crippen LogP contribution in [0.2, 0.25) is 0 Å². The van der Waals surface area contributed by atoms with Crippen LogP contribution in [0.3, 0.4) is 0 Å². The fourth-order valence-corrected chi connectivity index (χ4v) is 2.73. The first-order chi connectivity index (χ1) is 11.2. The fourth-order valence-electron chi connectivity index (χ4n) is 2.73. The lowest BCUT2D eigenvalue weighted by Gasteiger charge is -2.34. The largest absolute Gasteiger partial charge is 0.486 e. The van der Waals surface area contributed by atoms with Crippen molar-refractivity contribution in [2.24, 2.45) is 0 Å². The molecule has 2 amide bonds. The van der Waals surface area contributed by atoms with Crippen LogP contribution in [0, 0.1) is 6.92 Å². The summed E-state index contributed by atoms with van der Waals surface area (Å²) in [5, 5.41) is 3.01. The highest BCUT2D eigenvalue weighted by atomic mass is 16.5. The number of fused-ring (bicyclic) bond motifs is 1. The molecule has 2 aromatic rings. The van der Waals surface area contributed by atoms with Crippen molar-refractivity contribution in [3.63, 3.8) is 0 Å². The second kappa shape index (κ2) is 6.73. The minimum absolute atomic E-state index is 0.0349. The number of amides is 2. The number of nitrogens with one attached hydrogen (secondary N) is 1. The van der Waals surface area contributed by atoms with E-state index in [0.717, 1.165) is 29.0 Å². The zero-order valence-electron chi connectivity index (χ0n) is 13.6. The van der Waals surface area contributed by atoms with Crippen LogP contribution in [-0.4, -0.2) is 18.7 Å². The number of benzene rings is 2. The maximum atomic E-state index is 12.7. The molecule has 4 nitrogen and oxygen atoms in total. The molecule has 1 atom stereocenters. The van der Waals surface area contributed by atoms with E-state index in [4.69, 9.17) is 4.74 Å². The highest BCUT2D eigenvalue weighted by Gasteiger charge is 2.28. The second-order valence-electron chi connectivity index (χ2n) is 5.87. The number of hydrogen-bond acceptors (Lipinski definition) is 2. The Morgan fingerprint density at radius 1 is 1.26 bits per heavy atom. The summed E-state index contributed by atoms with van der Waals surface area (Å²) in [6.45, 7) is 5.19. The van der Waals surface area contributed by atoms with Gasteiger partial charge in [-0.2, -0.15) is 0 Å². The van der Waals surface area contributed by atoms with Gasteiger partial charge in [0.1, 0.15) is 11.9 Å². The third-order valence-corrected chi connectivity index (χ3v) is 4.07. The third-order valence-electron chi connectivity index (χ3n) is 4.07. The fraction of sp³-hybridized carbons (Fsp3) is 0.316. The predicted octanol–water partition coefficient (Wildman–Crippen LogP) is 3.88. The van der Waals surface area contributed by atoms with E-state index in [1.54, 1.807) is 4.90 Å². The third kappa shape index (κ3) is 3.47. The van der Waals surface area contributed by atoms with Crippen molar-refractivity contribution >= 4 is 11.7 Å². The van der Waals surface area contributed by atoms with E-state index in [9.17, 15) is 4.79 Å². The minimum atomic E-state index is -0.0811. The summed E-state index contributed by atoms with van der Waals surface area (Å²) in [5.74, 6) is 0.781. The van der Waals surface area contributed by atoms with Gasteiger partial charge in [0, 0.05) is 6.54 Å². The maximum absolute atomic E-state index is 12.7. The Morgan fingerprint density at radius 2 is 2.04 bits per heavy atom. The van der Waals surface area contributed by atoms with Crippen LogP contribution in [0.5, 0.6) is 5.75 Å². The van der Waals surface area contributed by atoms with Gasteiger partial charge in [0.05, 0.1) is 12.2 Å². The van der Waals surface area contributed by atoms with Crippen molar-refractivity contribution in [1.82, 2.24) is 5.32 Å². The molecule has 120 valence electrons. The lowest BCUT2D eigenvalue weighted by atomic mass is 10.1. The smallest absolute Gasteiger partial charge is 0.322 e. The highest BCUT2D eigenvalue weighted by Crippen LogP contribution is 2.34. The van der Waals surface area contributed by atoms with Crippen molar-refractivity contribution in [3.8, 4) is 5.75 Å². The number of rotatable bonds is 3. The Balaban J connectivity index is 1.78. The molecule has 0 saturated carbocycles. The Bertz CT molecular complexity index is 685. The van der Waals surface area contributed by atoms with E-state index in [-0.39, 0.29) is 12.1 Å². The summed E-state index contributed by atoms with van der Waals surface area (Å²) in [6, 6.07) is 15.8. The number of ether oxygens (including phenoxy) is 1. The average molecular weight is 310 g/mol. The molecular formula is C19H22N2O2. The van der Waals surface area contributed by atoms with Crippen molar-refractivity contribution in [1.29, 1.82) is 0 Å². The van der Waals surface area contributed by atoms with Crippen LogP contribution in [-0.2, 0) is 6.54 Å². The first kappa shape index (κ1) is 15.4. The standard InChI is InChI=1S/C19H22N2O2/c1-3-16-13-21(17-11-14(2)9-10-18(17)23-16)19(22)20-12-15-7-5-4-6-8-15/h4-11,16H,3,12-13H2,1-2H3,(H,20,22)/t16-/m0/s1. The van der Waals surface area contributed by atoms with Crippen LogP contribution in [0.15, 0.2) is 48.5 Å². The van der Waals surface area contributed by atoms with Gasteiger partial charge in [-0.3, -0.25) is 4.90 Å². The van der Waals surface area contributed by atoms with E-state index >= 15 is 0 Å². The quantitative estimate of drug-likeness (QED) is 0.934. The Labute approximate surface area is 137 Å². The van der Waals surface area contributed by atoms with E-state index < -0.39 is 0 Å². The summed E-state index contributed by atoms with van der Waals surface area (Å²) in [6.07, 6.45) is 0.906. The van der Waals surface area contributed by atoms with E-state index in [0.29, 0.717) is 13.1 Å². The number of urea groups is 1.